The van der Waals surface area contributed by atoms with Crippen molar-refractivity contribution >= 4 is 23.8 Å². The molecule has 1 heterocycles. The lowest BCUT2D eigenvalue weighted by atomic mass is 10.1. The molecule has 0 aliphatic carbocycles. The van der Waals surface area contributed by atoms with E-state index in [0.717, 1.165) is 19.3 Å². The van der Waals surface area contributed by atoms with Gasteiger partial charge in [-0.3, -0.25) is 19.3 Å². The summed E-state index contributed by atoms with van der Waals surface area (Å²) in [5.41, 5.74) is 0.103. The molecule has 0 spiro atoms. The number of nitrogens with one attached hydrogen (secondary N) is 2. The second-order valence-electron chi connectivity index (χ2n) is 11.1. The van der Waals surface area contributed by atoms with Crippen LogP contribution in [0.3, 0.4) is 0 Å². The van der Waals surface area contributed by atoms with Gasteiger partial charge in [0.2, 0.25) is 5.91 Å². The van der Waals surface area contributed by atoms with Gasteiger partial charge in [0.1, 0.15) is 11.6 Å². The predicted molar refractivity (Wildman–Crippen MR) is 149 cm³/mol. The van der Waals surface area contributed by atoms with Crippen LogP contribution in [-0.4, -0.2) is 53.4 Å². The lowest BCUT2D eigenvalue weighted by Crippen LogP contribution is -2.48. The third kappa shape index (κ3) is 10.8. The van der Waals surface area contributed by atoms with E-state index in [9.17, 15) is 19.2 Å². The first-order chi connectivity index (χ1) is 18.1. The summed E-state index contributed by atoms with van der Waals surface area (Å²) >= 11 is 0. The highest BCUT2D eigenvalue weighted by atomic mass is 16.6. The van der Waals surface area contributed by atoms with E-state index in [-0.39, 0.29) is 30.7 Å². The Morgan fingerprint density at radius 3 is 1.89 bits per heavy atom. The highest BCUT2D eigenvalue weighted by molar-refractivity contribution is 6.21. The third-order valence-electron chi connectivity index (χ3n) is 6.59. The van der Waals surface area contributed by atoms with Crippen molar-refractivity contribution in [2.45, 2.75) is 116 Å². The molecule has 0 aromatic heterocycles. The van der Waals surface area contributed by atoms with Crippen LogP contribution in [0.15, 0.2) is 24.3 Å². The zero-order valence-electron chi connectivity index (χ0n) is 23.8. The van der Waals surface area contributed by atoms with Gasteiger partial charge in [-0.05, 0) is 52.2 Å². The smallest absolute Gasteiger partial charge is 0.408 e. The Bertz CT molecular complexity index is 890. The Balaban J connectivity index is 1.77. The second kappa shape index (κ2) is 16.1. The molecule has 1 atom stereocenters. The maximum absolute atomic E-state index is 12.9. The molecule has 0 saturated carbocycles. The number of hydrogen-bond acceptors (Lipinski definition) is 5. The third-order valence-corrected chi connectivity index (χ3v) is 6.59. The van der Waals surface area contributed by atoms with Gasteiger partial charge >= 0.3 is 6.09 Å². The standard InChI is InChI=1S/C30H47N3O5/c1-5-6-7-8-9-10-11-12-13-16-21-31-26(34)25(32-29(37)38-30(2,3)4)20-17-22-33-27(35)23-18-14-15-19-24(23)28(33)36/h14-15,18-19,25H,5-13,16-17,20-22H2,1-4H3,(H,31,34)(H,32,37). The van der Waals surface area contributed by atoms with E-state index in [1.165, 1.54) is 49.8 Å². The normalized spacial score (nSPS) is 13.8. The molecule has 1 aromatic carbocycles. The van der Waals surface area contributed by atoms with Crippen molar-refractivity contribution in [3.8, 4) is 0 Å². The van der Waals surface area contributed by atoms with Gasteiger partial charge in [0, 0.05) is 13.1 Å². The summed E-state index contributed by atoms with van der Waals surface area (Å²) in [5, 5.41) is 5.60. The molecular formula is C30H47N3O5. The average Bonchev–Trinajstić information content (AvgIpc) is 3.10. The van der Waals surface area contributed by atoms with Crippen LogP contribution < -0.4 is 10.6 Å². The van der Waals surface area contributed by atoms with Gasteiger partial charge in [0.15, 0.2) is 0 Å². The van der Waals surface area contributed by atoms with Crippen LogP contribution in [0.25, 0.3) is 0 Å². The van der Waals surface area contributed by atoms with Crippen molar-refractivity contribution in [3.63, 3.8) is 0 Å². The van der Waals surface area contributed by atoms with Crippen molar-refractivity contribution in [1.29, 1.82) is 0 Å². The number of unbranched alkanes of at least 4 members (excludes halogenated alkanes) is 9. The lowest BCUT2D eigenvalue weighted by molar-refractivity contribution is -0.123. The minimum atomic E-state index is -0.817. The van der Waals surface area contributed by atoms with Crippen LogP contribution in [-0.2, 0) is 9.53 Å². The molecule has 8 heteroatoms. The van der Waals surface area contributed by atoms with E-state index >= 15 is 0 Å². The quantitative estimate of drug-likeness (QED) is 0.190. The molecule has 0 bridgehead atoms. The first-order valence-corrected chi connectivity index (χ1v) is 14.4. The highest BCUT2D eigenvalue weighted by Gasteiger charge is 2.35. The lowest BCUT2D eigenvalue weighted by Gasteiger charge is -2.24. The molecule has 8 nitrogen and oxygen atoms in total. The molecular weight excluding hydrogens is 482 g/mol. The van der Waals surface area contributed by atoms with Gasteiger partial charge in [-0.25, -0.2) is 4.79 Å². The van der Waals surface area contributed by atoms with Crippen molar-refractivity contribution < 1.29 is 23.9 Å². The molecule has 1 aliphatic heterocycles. The van der Waals surface area contributed by atoms with E-state index in [1.807, 2.05) is 0 Å². The number of imide groups is 1. The van der Waals surface area contributed by atoms with Crippen molar-refractivity contribution in [1.82, 2.24) is 15.5 Å². The highest BCUT2D eigenvalue weighted by Crippen LogP contribution is 2.23. The fraction of sp³-hybridized carbons (Fsp3) is 0.667. The first-order valence-electron chi connectivity index (χ1n) is 14.4. The number of carbonyl (C=O) groups excluding carboxylic acids is 4. The van der Waals surface area contributed by atoms with Crippen molar-refractivity contribution in [2.75, 3.05) is 13.1 Å². The van der Waals surface area contributed by atoms with Crippen LogP contribution in [0.4, 0.5) is 4.79 Å². The summed E-state index contributed by atoms with van der Waals surface area (Å²) in [7, 11) is 0. The van der Waals surface area contributed by atoms with Gasteiger partial charge in [0.05, 0.1) is 11.1 Å². The molecule has 212 valence electrons. The summed E-state index contributed by atoms with van der Waals surface area (Å²) in [6, 6.07) is 5.93. The van der Waals surface area contributed by atoms with Crippen LogP contribution >= 0.6 is 0 Å². The number of ether oxygens (including phenoxy) is 1. The van der Waals surface area contributed by atoms with E-state index in [2.05, 4.69) is 17.6 Å². The number of benzene rings is 1. The van der Waals surface area contributed by atoms with Crippen molar-refractivity contribution in [2.24, 2.45) is 0 Å². The Labute approximate surface area is 228 Å². The monoisotopic (exact) mass is 529 g/mol. The SMILES string of the molecule is CCCCCCCCCCCCNC(=O)C(CCCN1C(=O)c2ccccc2C1=O)NC(=O)OC(C)(C)C. The zero-order valence-corrected chi connectivity index (χ0v) is 23.8. The van der Waals surface area contributed by atoms with Crippen LogP contribution in [0.5, 0.6) is 0 Å². The minimum Gasteiger partial charge on any atom is -0.444 e. The molecule has 0 fully saturated rings. The number of rotatable bonds is 17. The number of carbonyl (C=O) groups is 4. The predicted octanol–water partition coefficient (Wildman–Crippen LogP) is 5.99. The minimum absolute atomic E-state index is 0.171. The number of amides is 4. The topological polar surface area (TPSA) is 105 Å². The van der Waals surface area contributed by atoms with E-state index in [4.69, 9.17) is 4.74 Å². The van der Waals surface area contributed by atoms with Crippen LogP contribution in [0.1, 0.15) is 125 Å². The zero-order chi connectivity index (χ0) is 28.0. The number of hydrogen-bond donors (Lipinski definition) is 2. The summed E-state index contributed by atoms with van der Waals surface area (Å²) < 4.78 is 5.34. The van der Waals surface area contributed by atoms with Gasteiger partial charge in [-0.2, -0.15) is 0 Å². The number of nitrogens with zero attached hydrogens (tertiary/aromatic N) is 1. The fourth-order valence-electron chi connectivity index (χ4n) is 4.56. The fourth-order valence-corrected chi connectivity index (χ4v) is 4.56. The Morgan fingerprint density at radius 1 is 0.842 bits per heavy atom. The number of fused-ring (bicyclic) bond motifs is 1. The van der Waals surface area contributed by atoms with E-state index < -0.39 is 17.7 Å². The molecule has 1 aliphatic rings. The van der Waals surface area contributed by atoms with Crippen molar-refractivity contribution in [3.05, 3.63) is 35.4 Å². The van der Waals surface area contributed by atoms with E-state index in [1.54, 1.807) is 45.0 Å². The maximum Gasteiger partial charge on any atom is 0.408 e. The molecule has 2 N–H and O–H groups in total. The maximum atomic E-state index is 12.9. The summed E-state index contributed by atoms with van der Waals surface area (Å²) in [4.78, 5) is 51.7. The molecule has 38 heavy (non-hydrogen) atoms. The molecule has 1 unspecified atom stereocenters. The molecule has 0 radical (unpaired) electrons. The summed E-state index contributed by atoms with van der Waals surface area (Å²) in [6.45, 7) is 8.22. The molecule has 0 saturated heterocycles. The Morgan fingerprint density at radius 2 is 1.37 bits per heavy atom. The van der Waals surface area contributed by atoms with Crippen LogP contribution in [0, 0.1) is 0 Å². The largest absolute Gasteiger partial charge is 0.444 e. The number of alkyl carbamates (subject to hydrolysis) is 1. The second-order valence-corrected chi connectivity index (χ2v) is 11.1. The van der Waals surface area contributed by atoms with Gasteiger partial charge in [-0.1, -0.05) is 76.8 Å². The van der Waals surface area contributed by atoms with Crippen LogP contribution in [0.2, 0.25) is 0 Å². The Hall–Kier alpha value is -2.90. The van der Waals surface area contributed by atoms with E-state index in [0.29, 0.717) is 24.1 Å². The average molecular weight is 530 g/mol. The molecule has 4 amide bonds. The molecule has 1 aromatic rings. The molecule has 2 rings (SSSR count). The first kappa shape index (κ1) is 31.3. The Kier molecular flexibility index (Phi) is 13.3. The van der Waals surface area contributed by atoms with Gasteiger partial charge in [-0.15, -0.1) is 0 Å². The summed E-state index contributed by atoms with van der Waals surface area (Å²) in [6.07, 6.45) is 12.1. The van der Waals surface area contributed by atoms with Gasteiger partial charge in [0.25, 0.3) is 11.8 Å². The van der Waals surface area contributed by atoms with Gasteiger partial charge < -0.3 is 15.4 Å². The summed E-state index contributed by atoms with van der Waals surface area (Å²) in [5.74, 6) is -0.936.